The van der Waals surface area contributed by atoms with Crippen molar-refractivity contribution in [1.29, 1.82) is 0 Å². The summed E-state index contributed by atoms with van der Waals surface area (Å²) >= 11 is 0. The van der Waals surface area contributed by atoms with Gasteiger partial charge in [-0.3, -0.25) is 9.69 Å². The molecule has 3 N–H and O–H groups in total. The number of amides is 1. The average molecular weight is 338 g/mol. The van der Waals surface area contributed by atoms with Gasteiger partial charge in [0.2, 0.25) is 5.91 Å². The van der Waals surface area contributed by atoms with Gasteiger partial charge >= 0.3 is 0 Å². The lowest BCUT2D eigenvalue weighted by Crippen LogP contribution is -2.48. The van der Waals surface area contributed by atoms with Crippen molar-refractivity contribution in [1.82, 2.24) is 10.2 Å². The molecule has 24 heavy (non-hydrogen) atoms. The first-order valence-electron chi connectivity index (χ1n) is 8.35. The van der Waals surface area contributed by atoms with E-state index in [1.807, 2.05) is 12.1 Å². The largest absolute Gasteiger partial charge is 0.380 e. The molecule has 1 aliphatic heterocycles. The van der Waals surface area contributed by atoms with Crippen molar-refractivity contribution in [2.24, 2.45) is 5.73 Å². The minimum Gasteiger partial charge on any atom is -0.380 e. The SMILES string of the molecule is COC(CN)CC(=O)NCCN1CCN(c2ccc(F)cc2)CC1. The number of nitrogens with zero attached hydrogens (tertiary/aromatic N) is 2. The fourth-order valence-corrected chi connectivity index (χ4v) is 2.78. The zero-order chi connectivity index (χ0) is 17.4. The number of carbonyl (C=O) groups excluding carboxylic acids is 1. The van der Waals surface area contributed by atoms with Crippen LogP contribution in [0.5, 0.6) is 0 Å². The maximum Gasteiger partial charge on any atom is 0.222 e. The van der Waals surface area contributed by atoms with Crippen LogP contribution in [0.25, 0.3) is 0 Å². The van der Waals surface area contributed by atoms with Gasteiger partial charge in [0.15, 0.2) is 0 Å². The normalized spacial score (nSPS) is 16.9. The summed E-state index contributed by atoms with van der Waals surface area (Å²) in [6.07, 6.45) is 0.0787. The number of anilines is 1. The standard InChI is InChI=1S/C17H27FN4O2/c1-24-16(13-19)12-17(23)20-6-7-21-8-10-22(11-9-21)15-4-2-14(18)3-5-15/h2-5,16H,6-13,19H2,1H3,(H,20,23). The minimum absolute atomic E-state index is 0.0303. The molecule has 7 heteroatoms. The number of hydrogen-bond donors (Lipinski definition) is 2. The Bertz CT molecular complexity index is 500. The summed E-state index contributed by atoms with van der Waals surface area (Å²) in [6, 6.07) is 6.61. The van der Waals surface area contributed by atoms with Gasteiger partial charge in [0, 0.05) is 58.6 Å². The number of nitrogens with one attached hydrogen (secondary N) is 1. The lowest BCUT2D eigenvalue weighted by molar-refractivity contribution is -0.123. The second-order valence-corrected chi connectivity index (χ2v) is 5.95. The quantitative estimate of drug-likeness (QED) is 0.719. The molecule has 6 nitrogen and oxygen atoms in total. The van der Waals surface area contributed by atoms with Crippen molar-refractivity contribution in [2.45, 2.75) is 12.5 Å². The fraction of sp³-hybridized carbons (Fsp3) is 0.588. The number of hydrogen-bond acceptors (Lipinski definition) is 5. The minimum atomic E-state index is -0.218. The topological polar surface area (TPSA) is 70.8 Å². The lowest BCUT2D eigenvalue weighted by atomic mass is 10.2. The van der Waals surface area contributed by atoms with E-state index in [0.29, 0.717) is 19.5 Å². The van der Waals surface area contributed by atoms with Crippen LogP contribution in [-0.2, 0) is 9.53 Å². The molecule has 0 spiro atoms. The van der Waals surface area contributed by atoms with Crippen molar-refractivity contribution in [3.8, 4) is 0 Å². The molecule has 0 aromatic heterocycles. The van der Waals surface area contributed by atoms with Crippen LogP contribution in [0.2, 0.25) is 0 Å². The van der Waals surface area contributed by atoms with Gasteiger partial charge in [-0.05, 0) is 24.3 Å². The van der Waals surface area contributed by atoms with Crippen LogP contribution in [0.1, 0.15) is 6.42 Å². The maximum atomic E-state index is 13.0. The predicted molar refractivity (Wildman–Crippen MR) is 92.5 cm³/mol. The van der Waals surface area contributed by atoms with Gasteiger partial charge < -0.3 is 20.7 Å². The third-order valence-corrected chi connectivity index (χ3v) is 4.32. The predicted octanol–water partition coefficient (Wildman–Crippen LogP) is 0.428. The number of methoxy groups -OCH3 is 1. The number of ether oxygens (including phenoxy) is 1. The highest BCUT2D eigenvalue weighted by atomic mass is 19.1. The first-order chi connectivity index (χ1) is 11.6. The molecule has 1 fully saturated rings. The van der Waals surface area contributed by atoms with Crippen LogP contribution >= 0.6 is 0 Å². The average Bonchev–Trinajstić information content (AvgIpc) is 2.61. The molecular weight excluding hydrogens is 311 g/mol. The summed E-state index contributed by atoms with van der Waals surface area (Å²) in [6.45, 7) is 5.44. The van der Waals surface area contributed by atoms with Crippen molar-refractivity contribution in [2.75, 3.05) is 57.8 Å². The van der Waals surface area contributed by atoms with Gasteiger partial charge in [-0.1, -0.05) is 0 Å². The van der Waals surface area contributed by atoms with Crippen LogP contribution in [0.3, 0.4) is 0 Å². The monoisotopic (exact) mass is 338 g/mol. The number of halogens is 1. The molecule has 1 saturated heterocycles. The molecule has 0 aliphatic carbocycles. The fourth-order valence-electron chi connectivity index (χ4n) is 2.78. The van der Waals surface area contributed by atoms with Gasteiger partial charge in [-0.2, -0.15) is 0 Å². The number of benzene rings is 1. The van der Waals surface area contributed by atoms with Crippen molar-refractivity contribution in [3.63, 3.8) is 0 Å². The van der Waals surface area contributed by atoms with E-state index in [1.165, 1.54) is 12.1 Å². The zero-order valence-corrected chi connectivity index (χ0v) is 14.2. The summed E-state index contributed by atoms with van der Waals surface area (Å²) in [5.41, 5.74) is 6.56. The molecule has 1 aromatic carbocycles. The summed E-state index contributed by atoms with van der Waals surface area (Å²) < 4.78 is 18.1. The van der Waals surface area contributed by atoms with E-state index in [2.05, 4.69) is 15.1 Å². The Labute approximate surface area is 142 Å². The summed E-state index contributed by atoms with van der Waals surface area (Å²) in [5, 5.41) is 2.91. The highest BCUT2D eigenvalue weighted by Gasteiger charge is 2.17. The Balaban J connectivity index is 1.64. The van der Waals surface area contributed by atoms with E-state index >= 15 is 0 Å². The molecule has 0 bridgehead atoms. The molecule has 1 unspecified atom stereocenters. The molecule has 1 atom stereocenters. The van der Waals surface area contributed by atoms with Gasteiger partial charge in [0.25, 0.3) is 0 Å². The second kappa shape index (κ2) is 9.56. The molecule has 2 rings (SSSR count). The van der Waals surface area contributed by atoms with Crippen molar-refractivity contribution >= 4 is 11.6 Å². The molecule has 1 heterocycles. The molecule has 134 valence electrons. The second-order valence-electron chi connectivity index (χ2n) is 5.95. The van der Waals surface area contributed by atoms with E-state index in [-0.39, 0.29) is 17.8 Å². The number of nitrogens with two attached hydrogens (primary N) is 1. The molecule has 0 saturated carbocycles. The van der Waals surface area contributed by atoms with Crippen LogP contribution in [-0.4, -0.2) is 69.8 Å². The van der Waals surface area contributed by atoms with Crippen molar-refractivity contribution < 1.29 is 13.9 Å². The summed E-state index contributed by atoms with van der Waals surface area (Å²) in [4.78, 5) is 16.3. The van der Waals surface area contributed by atoms with Gasteiger partial charge in [0.1, 0.15) is 5.82 Å². The molecule has 1 amide bonds. The first-order valence-corrected chi connectivity index (χ1v) is 8.35. The number of carbonyl (C=O) groups is 1. The highest BCUT2D eigenvalue weighted by Crippen LogP contribution is 2.16. The zero-order valence-electron chi connectivity index (χ0n) is 14.2. The molecule has 1 aliphatic rings. The van der Waals surface area contributed by atoms with E-state index in [4.69, 9.17) is 10.5 Å². The summed E-state index contributed by atoms with van der Waals surface area (Å²) in [7, 11) is 1.56. The summed E-state index contributed by atoms with van der Waals surface area (Å²) in [5.74, 6) is -0.240. The number of piperazine rings is 1. The molecular formula is C17H27FN4O2. The smallest absolute Gasteiger partial charge is 0.222 e. The van der Waals surface area contributed by atoms with Gasteiger partial charge in [0.05, 0.1) is 12.5 Å². The lowest BCUT2D eigenvalue weighted by Gasteiger charge is -2.36. The maximum absolute atomic E-state index is 13.0. The highest BCUT2D eigenvalue weighted by molar-refractivity contribution is 5.76. The third-order valence-electron chi connectivity index (χ3n) is 4.32. The van der Waals surface area contributed by atoms with E-state index in [9.17, 15) is 9.18 Å². The Hall–Kier alpha value is -1.70. The van der Waals surface area contributed by atoms with E-state index in [1.54, 1.807) is 7.11 Å². The van der Waals surface area contributed by atoms with E-state index < -0.39 is 0 Å². The Morgan fingerprint density at radius 3 is 2.54 bits per heavy atom. The van der Waals surface area contributed by atoms with Crippen LogP contribution in [0.4, 0.5) is 10.1 Å². The van der Waals surface area contributed by atoms with Crippen LogP contribution in [0.15, 0.2) is 24.3 Å². The Morgan fingerprint density at radius 2 is 1.96 bits per heavy atom. The van der Waals surface area contributed by atoms with Crippen LogP contribution < -0.4 is 16.0 Å². The molecule has 1 aromatic rings. The Morgan fingerprint density at radius 1 is 1.29 bits per heavy atom. The van der Waals surface area contributed by atoms with Gasteiger partial charge in [-0.25, -0.2) is 4.39 Å². The van der Waals surface area contributed by atoms with E-state index in [0.717, 1.165) is 38.4 Å². The first kappa shape index (κ1) is 18.6. The van der Waals surface area contributed by atoms with Crippen LogP contribution in [0, 0.1) is 5.82 Å². The number of rotatable bonds is 8. The van der Waals surface area contributed by atoms with Crippen molar-refractivity contribution in [3.05, 3.63) is 30.1 Å². The third kappa shape index (κ3) is 5.74. The molecule has 0 radical (unpaired) electrons. The van der Waals surface area contributed by atoms with Gasteiger partial charge in [-0.15, -0.1) is 0 Å². The Kier molecular flexibility index (Phi) is 7.42.